The van der Waals surface area contributed by atoms with Crippen LogP contribution in [0, 0.1) is 0 Å². The van der Waals surface area contributed by atoms with Gasteiger partial charge in [0.2, 0.25) is 0 Å². The van der Waals surface area contributed by atoms with E-state index in [9.17, 15) is 4.79 Å². The molecule has 0 bridgehead atoms. The summed E-state index contributed by atoms with van der Waals surface area (Å²) in [5.74, 6) is -0.458. The highest BCUT2D eigenvalue weighted by atomic mass is 16.5. The number of benzene rings is 1. The number of aromatic nitrogens is 1. The second-order valence-electron chi connectivity index (χ2n) is 5.35. The van der Waals surface area contributed by atoms with E-state index in [4.69, 9.17) is 10.5 Å². The molecule has 0 spiro atoms. The van der Waals surface area contributed by atoms with Gasteiger partial charge in [0, 0.05) is 31.4 Å². The number of amides is 1. The number of ether oxygens (including phenoxy) is 1. The van der Waals surface area contributed by atoms with Gasteiger partial charge in [-0.1, -0.05) is 24.3 Å². The summed E-state index contributed by atoms with van der Waals surface area (Å²) < 4.78 is 5.36. The van der Waals surface area contributed by atoms with Gasteiger partial charge in [0.25, 0.3) is 5.91 Å². The van der Waals surface area contributed by atoms with Crippen LogP contribution < -0.4 is 5.73 Å². The Kier molecular flexibility index (Phi) is 4.46. The molecule has 0 aliphatic carbocycles. The van der Waals surface area contributed by atoms with Gasteiger partial charge in [-0.25, -0.2) is 0 Å². The van der Waals surface area contributed by atoms with Crippen LogP contribution >= 0.6 is 0 Å². The van der Waals surface area contributed by atoms with Crippen LogP contribution in [0.4, 0.5) is 0 Å². The molecule has 0 unspecified atom stereocenters. The Balaban J connectivity index is 1.78. The summed E-state index contributed by atoms with van der Waals surface area (Å²) in [5, 5.41) is 0. The summed E-state index contributed by atoms with van der Waals surface area (Å²) in [7, 11) is 0. The SMILES string of the molecule is NC(=O)c1cccnc1-c1ccc(CN2CCOCC2)cc1. The van der Waals surface area contributed by atoms with Crippen molar-refractivity contribution >= 4 is 5.91 Å². The molecule has 1 aliphatic rings. The molecule has 0 saturated carbocycles. The molecule has 1 fully saturated rings. The third kappa shape index (κ3) is 3.32. The first-order valence-electron chi connectivity index (χ1n) is 7.38. The topological polar surface area (TPSA) is 68.5 Å². The zero-order valence-electron chi connectivity index (χ0n) is 12.4. The molecule has 0 atom stereocenters. The second kappa shape index (κ2) is 6.68. The lowest BCUT2D eigenvalue weighted by Crippen LogP contribution is -2.35. The number of carbonyl (C=O) groups is 1. The zero-order chi connectivity index (χ0) is 15.4. The minimum absolute atomic E-state index is 0.448. The number of carbonyl (C=O) groups excluding carboxylic acids is 1. The maximum absolute atomic E-state index is 11.5. The minimum atomic E-state index is -0.458. The molecule has 5 heteroatoms. The summed E-state index contributed by atoms with van der Waals surface area (Å²) >= 11 is 0. The van der Waals surface area contributed by atoms with Crippen molar-refractivity contribution in [1.29, 1.82) is 0 Å². The van der Waals surface area contributed by atoms with Crippen LogP contribution in [0.1, 0.15) is 15.9 Å². The van der Waals surface area contributed by atoms with Gasteiger partial charge in [0.1, 0.15) is 0 Å². The van der Waals surface area contributed by atoms with Crippen molar-refractivity contribution in [2.24, 2.45) is 5.73 Å². The molecule has 2 aromatic rings. The molecular formula is C17H19N3O2. The van der Waals surface area contributed by atoms with Gasteiger partial charge < -0.3 is 10.5 Å². The van der Waals surface area contributed by atoms with Crippen molar-refractivity contribution < 1.29 is 9.53 Å². The van der Waals surface area contributed by atoms with Crippen molar-refractivity contribution in [2.45, 2.75) is 6.54 Å². The van der Waals surface area contributed by atoms with Crippen molar-refractivity contribution in [2.75, 3.05) is 26.3 Å². The molecule has 3 rings (SSSR count). The first kappa shape index (κ1) is 14.7. The van der Waals surface area contributed by atoms with E-state index in [-0.39, 0.29) is 0 Å². The fraction of sp³-hybridized carbons (Fsp3) is 0.294. The lowest BCUT2D eigenvalue weighted by molar-refractivity contribution is 0.0342. The second-order valence-corrected chi connectivity index (χ2v) is 5.35. The molecule has 2 heterocycles. The number of nitrogens with zero attached hydrogens (tertiary/aromatic N) is 2. The summed E-state index contributed by atoms with van der Waals surface area (Å²) in [4.78, 5) is 18.1. The molecule has 1 aliphatic heterocycles. The summed E-state index contributed by atoms with van der Waals surface area (Å²) in [6, 6.07) is 11.5. The fourth-order valence-electron chi connectivity index (χ4n) is 2.62. The van der Waals surface area contributed by atoms with Gasteiger partial charge >= 0.3 is 0 Å². The van der Waals surface area contributed by atoms with E-state index >= 15 is 0 Å². The Bertz CT molecular complexity index is 649. The Morgan fingerprint density at radius 2 is 1.91 bits per heavy atom. The molecule has 1 aromatic carbocycles. The number of pyridine rings is 1. The standard InChI is InChI=1S/C17H19N3O2/c18-17(21)15-2-1-7-19-16(15)14-5-3-13(4-6-14)12-20-8-10-22-11-9-20/h1-7H,8-12H2,(H2,18,21). The number of nitrogens with two attached hydrogens (primary N) is 1. The van der Waals surface area contributed by atoms with E-state index in [0.29, 0.717) is 11.3 Å². The van der Waals surface area contributed by atoms with Crippen molar-refractivity contribution in [3.8, 4) is 11.3 Å². The first-order chi connectivity index (χ1) is 10.7. The first-order valence-corrected chi connectivity index (χ1v) is 7.38. The monoisotopic (exact) mass is 297 g/mol. The lowest BCUT2D eigenvalue weighted by atomic mass is 10.0. The van der Waals surface area contributed by atoms with E-state index in [1.54, 1.807) is 18.3 Å². The number of primary amides is 1. The van der Waals surface area contributed by atoms with Gasteiger partial charge in [-0.15, -0.1) is 0 Å². The average Bonchev–Trinajstić information content (AvgIpc) is 2.56. The van der Waals surface area contributed by atoms with Crippen molar-refractivity contribution in [3.05, 3.63) is 53.7 Å². The van der Waals surface area contributed by atoms with Crippen LogP contribution in [0.5, 0.6) is 0 Å². The predicted octanol–water partition coefficient (Wildman–Crippen LogP) is 1.68. The van der Waals surface area contributed by atoms with Gasteiger partial charge in [-0.2, -0.15) is 0 Å². The van der Waals surface area contributed by atoms with Gasteiger partial charge in [0.05, 0.1) is 24.5 Å². The molecule has 22 heavy (non-hydrogen) atoms. The Morgan fingerprint density at radius 1 is 1.18 bits per heavy atom. The largest absolute Gasteiger partial charge is 0.379 e. The minimum Gasteiger partial charge on any atom is -0.379 e. The van der Waals surface area contributed by atoms with Gasteiger partial charge in [-0.05, 0) is 17.7 Å². The highest BCUT2D eigenvalue weighted by Crippen LogP contribution is 2.21. The molecule has 114 valence electrons. The molecule has 1 aromatic heterocycles. The van der Waals surface area contributed by atoms with Crippen LogP contribution in [0.2, 0.25) is 0 Å². The number of rotatable bonds is 4. The molecular weight excluding hydrogens is 278 g/mol. The molecule has 2 N–H and O–H groups in total. The molecule has 1 saturated heterocycles. The van der Waals surface area contributed by atoms with E-state index in [1.165, 1.54) is 5.56 Å². The number of morpholine rings is 1. The Morgan fingerprint density at radius 3 is 2.59 bits per heavy atom. The van der Waals surface area contributed by atoms with E-state index in [0.717, 1.165) is 38.4 Å². The van der Waals surface area contributed by atoms with Crippen molar-refractivity contribution in [1.82, 2.24) is 9.88 Å². The van der Waals surface area contributed by atoms with Crippen molar-refractivity contribution in [3.63, 3.8) is 0 Å². The molecule has 1 amide bonds. The third-order valence-corrected chi connectivity index (χ3v) is 3.81. The Labute approximate surface area is 129 Å². The zero-order valence-corrected chi connectivity index (χ0v) is 12.4. The highest BCUT2D eigenvalue weighted by molar-refractivity contribution is 5.98. The van der Waals surface area contributed by atoms with E-state index < -0.39 is 5.91 Å². The van der Waals surface area contributed by atoms with Crippen LogP contribution in [0.25, 0.3) is 11.3 Å². The van der Waals surface area contributed by atoms with E-state index in [2.05, 4.69) is 22.0 Å². The third-order valence-electron chi connectivity index (χ3n) is 3.81. The smallest absolute Gasteiger partial charge is 0.250 e. The van der Waals surface area contributed by atoms with Crippen LogP contribution in [-0.4, -0.2) is 42.1 Å². The maximum Gasteiger partial charge on any atom is 0.250 e. The normalized spacial score (nSPS) is 15.6. The van der Waals surface area contributed by atoms with Crippen LogP contribution in [0.15, 0.2) is 42.6 Å². The quantitative estimate of drug-likeness (QED) is 0.932. The summed E-state index contributed by atoms with van der Waals surface area (Å²) in [6.07, 6.45) is 1.67. The Hall–Kier alpha value is -2.24. The highest BCUT2D eigenvalue weighted by Gasteiger charge is 2.12. The average molecular weight is 297 g/mol. The van der Waals surface area contributed by atoms with Crippen LogP contribution in [-0.2, 0) is 11.3 Å². The molecule has 0 radical (unpaired) electrons. The summed E-state index contributed by atoms with van der Waals surface area (Å²) in [6.45, 7) is 4.44. The summed E-state index contributed by atoms with van der Waals surface area (Å²) in [5.41, 5.74) is 8.63. The van der Waals surface area contributed by atoms with Gasteiger partial charge in [-0.3, -0.25) is 14.7 Å². The fourth-order valence-corrected chi connectivity index (χ4v) is 2.62. The number of hydrogen-bond acceptors (Lipinski definition) is 4. The number of hydrogen-bond donors (Lipinski definition) is 1. The maximum atomic E-state index is 11.5. The van der Waals surface area contributed by atoms with Crippen LogP contribution in [0.3, 0.4) is 0 Å². The molecule has 5 nitrogen and oxygen atoms in total. The van der Waals surface area contributed by atoms with E-state index in [1.807, 2.05) is 12.1 Å². The predicted molar refractivity (Wildman–Crippen MR) is 84.3 cm³/mol. The van der Waals surface area contributed by atoms with Gasteiger partial charge in [0.15, 0.2) is 0 Å². The lowest BCUT2D eigenvalue weighted by Gasteiger charge is -2.26.